The van der Waals surface area contributed by atoms with Crippen LogP contribution in [0, 0.1) is 0 Å². The fourth-order valence-electron chi connectivity index (χ4n) is 3.13. The van der Waals surface area contributed by atoms with Crippen molar-refractivity contribution in [3.8, 4) is 11.1 Å². The maximum Gasteiger partial charge on any atom is 0.434 e. The van der Waals surface area contributed by atoms with Gasteiger partial charge >= 0.3 is 12.3 Å². The summed E-state index contributed by atoms with van der Waals surface area (Å²) in [6.45, 7) is 4.71. The molecule has 0 saturated heterocycles. The molecule has 0 aliphatic carbocycles. The summed E-state index contributed by atoms with van der Waals surface area (Å²) in [5.74, 6) is -1.47. The van der Waals surface area contributed by atoms with Crippen LogP contribution in [0.1, 0.15) is 43.1 Å². The van der Waals surface area contributed by atoms with Gasteiger partial charge in [0.15, 0.2) is 5.78 Å². The molecule has 0 aliphatic rings. The fourth-order valence-corrected chi connectivity index (χ4v) is 3.41. The number of hydrogen-bond donors (Lipinski definition) is 1. The zero-order chi connectivity index (χ0) is 27.4. The SMILES string of the molecule is CC(C)(C)OC(=O)N(NC(=O)CC(=O)c1cccc(-c2cncnc2)c1)c1ccc(C(F)(F)F)c(Cl)c1. The van der Waals surface area contributed by atoms with Crippen LogP contribution in [0.4, 0.5) is 23.7 Å². The van der Waals surface area contributed by atoms with E-state index in [4.69, 9.17) is 16.3 Å². The van der Waals surface area contributed by atoms with Crippen LogP contribution in [-0.4, -0.2) is 33.4 Å². The summed E-state index contributed by atoms with van der Waals surface area (Å²) in [6.07, 6.45) is -1.97. The number of alkyl halides is 3. The summed E-state index contributed by atoms with van der Waals surface area (Å²) in [5.41, 5.74) is 1.46. The van der Waals surface area contributed by atoms with Gasteiger partial charge in [0.1, 0.15) is 11.9 Å². The fraction of sp³-hybridized carbons (Fsp3) is 0.240. The van der Waals surface area contributed by atoms with Gasteiger partial charge in [0, 0.05) is 23.5 Å². The van der Waals surface area contributed by atoms with E-state index >= 15 is 0 Å². The van der Waals surface area contributed by atoms with Gasteiger partial charge in [-0.15, -0.1) is 0 Å². The van der Waals surface area contributed by atoms with Crippen molar-refractivity contribution in [1.29, 1.82) is 0 Å². The topological polar surface area (TPSA) is 101 Å². The highest BCUT2D eigenvalue weighted by molar-refractivity contribution is 6.31. The summed E-state index contributed by atoms with van der Waals surface area (Å²) in [7, 11) is 0. The van der Waals surface area contributed by atoms with Crippen molar-refractivity contribution in [2.24, 2.45) is 0 Å². The first-order valence-corrected chi connectivity index (χ1v) is 11.2. The number of aromatic nitrogens is 2. The molecular weight excluding hydrogens is 513 g/mol. The summed E-state index contributed by atoms with van der Waals surface area (Å²) in [5, 5.41) is -0.0875. The molecule has 0 unspecified atom stereocenters. The molecule has 1 aromatic heterocycles. The second-order valence-electron chi connectivity index (χ2n) is 8.82. The molecule has 0 spiro atoms. The number of ketones is 1. The lowest BCUT2D eigenvalue weighted by Gasteiger charge is -2.28. The third-order valence-electron chi connectivity index (χ3n) is 4.73. The molecule has 1 heterocycles. The molecule has 0 fully saturated rings. The van der Waals surface area contributed by atoms with Crippen molar-refractivity contribution in [1.82, 2.24) is 15.4 Å². The van der Waals surface area contributed by atoms with Gasteiger partial charge in [0.2, 0.25) is 5.91 Å². The highest BCUT2D eigenvalue weighted by Gasteiger charge is 2.34. The van der Waals surface area contributed by atoms with Gasteiger partial charge in [-0.05, 0) is 50.6 Å². The number of nitrogens with zero attached hydrogens (tertiary/aromatic N) is 3. The Morgan fingerprint density at radius 3 is 2.27 bits per heavy atom. The number of nitrogens with one attached hydrogen (secondary N) is 1. The van der Waals surface area contributed by atoms with E-state index in [2.05, 4.69) is 15.4 Å². The molecule has 3 aromatic rings. The lowest BCUT2D eigenvalue weighted by Crippen LogP contribution is -2.49. The smallest absolute Gasteiger partial charge is 0.434 e. The summed E-state index contributed by atoms with van der Waals surface area (Å²) < 4.78 is 44.6. The molecule has 0 bridgehead atoms. The predicted molar refractivity (Wildman–Crippen MR) is 130 cm³/mol. The van der Waals surface area contributed by atoms with Gasteiger partial charge in [-0.3, -0.25) is 15.0 Å². The molecule has 194 valence electrons. The maximum absolute atomic E-state index is 13.1. The van der Waals surface area contributed by atoms with Crippen molar-refractivity contribution in [3.63, 3.8) is 0 Å². The second kappa shape index (κ2) is 11.0. The predicted octanol–water partition coefficient (Wildman–Crippen LogP) is 5.86. The molecule has 0 radical (unpaired) electrons. The number of ether oxygens (including phenoxy) is 1. The van der Waals surface area contributed by atoms with Crippen molar-refractivity contribution in [2.45, 2.75) is 39.0 Å². The van der Waals surface area contributed by atoms with E-state index in [-0.39, 0.29) is 11.3 Å². The monoisotopic (exact) mass is 534 g/mol. The lowest BCUT2D eigenvalue weighted by molar-refractivity contribution is -0.137. The van der Waals surface area contributed by atoms with Crippen molar-refractivity contribution < 1.29 is 32.3 Å². The average Bonchev–Trinajstić information content (AvgIpc) is 2.81. The van der Waals surface area contributed by atoms with Crippen LogP contribution in [0.25, 0.3) is 11.1 Å². The van der Waals surface area contributed by atoms with E-state index in [1.54, 1.807) is 51.4 Å². The second-order valence-corrected chi connectivity index (χ2v) is 9.23. The highest BCUT2D eigenvalue weighted by Crippen LogP contribution is 2.36. The van der Waals surface area contributed by atoms with Crippen LogP contribution in [0.5, 0.6) is 0 Å². The summed E-state index contributed by atoms with van der Waals surface area (Å²) >= 11 is 5.79. The molecule has 2 aromatic carbocycles. The molecule has 0 saturated carbocycles. The molecular formula is C25H22ClF3N4O4. The average molecular weight is 535 g/mol. The first kappa shape index (κ1) is 27.6. The molecule has 0 atom stereocenters. The van der Waals surface area contributed by atoms with Crippen LogP contribution in [0.15, 0.2) is 61.2 Å². The Hall–Kier alpha value is -3.99. The number of Topliss-reactive ketones (excluding diaryl/α,β-unsaturated/α-hetero) is 1. The number of benzene rings is 2. The third kappa shape index (κ3) is 7.50. The molecule has 2 amide bonds. The first-order chi connectivity index (χ1) is 17.2. The van der Waals surface area contributed by atoms with Gasteiger partial charge in [0.25, 0.3) is 0 Å². The number of rotatable bonds is 5. The van der Waals surface area contributed by atoms with Gasteiger partial charge < -0.3 is 4.74 Å². The van der Waals surface area contributed by atoms with Gasteiger partial charge in [-0.1, -0.05) is 29.8 Å². The summed E-state index contributed by atoms with van der Waals surface area (Å²) in [6, 6.07) is 8.94. The molecule has 8 nitrogen and oxygen atoms in total. The first-order valence-electron chi connectivity index (χ1n) is 10.8. The van der Waals surface area contributed by atoms with Crippen LogP contribution >= 0.6 is 11.6 Å². The number of amides is 2. The third-order valence-corrected chi connectivity index (χ3v) is 5.04. The zero-order valence-electron chi connectivity index (χ0n) is 20.0. The molecule has 37 heavy (non-hydrogen) atoms. The van der Waals surface area contributed by atoms with E-state index in [0.717, 1.165) is 12.1 Å². The van der Waals surface area contributed by atoms with Crippen LogP contribution in [0.3, 0.4) is 0 Å². The van der Waals surface area contributed by atoms with Crippen LogP contribution in [0.2, 0.25) is 5.02 Å². The van der Waals surface area contributed by atoms with Gasteiger partial charge in [-0.25, -0.2) is 14.8 Å². The Bertz CT molecular complexity index is 1310. The van der Waals surface area contributed by atoms with E-state index in [1.807, 2.05) is 0 Å². The minimum Gasteiger partial charge on any atom is -0.442 e. The molecule has 1 N–H and O–H groups in total. The summed E-state index contributed by atoms with van der Waals surface area (Å²) in [4.78, 5) is 46.2. The Balaban J connectivity index is 1.82. The van der Waals surface area contributed by atoms with E-state index in [0.29, 0.717) is 22.2 Å². The standard InChI is InChI=1S/C25H22ClF3N4O4/c1-24(2,3)37-23(36)33(18-7-8-19(20(26)10-18)25(27,28)29)32-22(35)11-21(34)16-6-4-5-15(9-16)17-12-30-14-31-13-17/h4-10,12-14H,11H2,1-3H3,(H,32,35). The quantitative estimate of drug-likeness (QED) is 0.250. The Morgan fingerprint density at radius 2 is 1.68 bits per heavy atom. The van der Waals surface area contributed by atoms with Crippen LogP contribution in [-0.2, 0) is 15.7 Å². The van der Waals surface area contributed by atoms with E-state index < -0.39 is 46.6 Å². The maximum atomic E-state index is 13.1. The minimum absolute atomic E-state index is 0.195. The zero-order valence-corrected chi connectivity index (χ0v) is 20.7. The number of hydrazine groups is 1. The molecule has 3 rings (SSSR count). The minimum atomic E-state index is -4.72. The lowest BCUT2D eigenvalue weighted by atomic mass is 10.0. The van der Waals surface area contributed by atoms with Gasteiger partial charge in [0.05, 0.1) is 22.7 Å². The Morgan fingerprint density at radius 1 is 1.00 bits per heavy atom. The van der Waals surface area contributed by atoms with E-state index in [1.165, 1.54) is 12.4 Å². The highest BCUT2D eigenvalue weighted by atomic mass is 35.5. The normalized spacial score (nSPS) is 11.5. The largest absolute Gasteiger partial charge is 0.442 e. The van der Waals surface area contributed by atoms with Gasteiger partial charge in [-0.2, -0.15) is 18.2 Å². The molecule has 12 heteroatoms. The Labute approximate surface area is 215 Å². The van der Waals surface area contributed by atoms with E-state index in [9.17, 15) is 27.6 Å². The van der Waals surface area contributed by atoms with Crippen molar-refractivity contribution in [3.05, 3.63) is 77.3 Å². The Kier molecular flexibility index (Phi) is 8.17. The number of halogens is 4. The number of hydrogen-bond acceptors (Lipinski definition) is 6. The number of anilines is 1. The number of carbonyl (C=O) groups excluding carboxylic acids is 3. The molecule has 0 aliphatic heterocycles. The van der Waals surface area contributed by atoms with Crippen molar-refractivity contribution in [2.75, 3.05) is 5.01 Å². The number of carbonyl (C=O) groups is 3. The van der Waals surface area contributed by atoms with Crippen LogP contribution < -0.4 is 10.4 Å². The van der Waals surface area contributed by atoms with Crippen molar-refractivity contribution >= 4 is 35.1 Å².